The summed E-state index contributed by atoms with van der Waals surface area (Å²) >= 11 is 0. The highest BCUT2D eigenvalue weighted by molar-refractivity contribution is 7.90. The number of nitrogens with one attached hydrogen (secondary N) is 2. The minimum Gasteiger partial charge on any atom is -0.385 e. The second-order valence-electron chi connectivity index (χ2n) is 7.96. The van der Waals surface area contributed by atoms with Gasteiger partial charge >= 0.3 is 0 Å². The van der Waals surface area contributed by atoms with Gasteiger partial charge in [-0.1, -0.05) is 50.2 Å². The molecular weight excluding hydrogens is 432 g/mol. The summed E-state index contributed by atoms with van der Waals surface area (Å²) in [5.41, 5.74) is 5.68. The standard InChI is InChI=1S/C26H28N4O2S/c1-3-14-27-22-6-5-7-23(16-22)30-26-24-15-21(12-13-25(24)28-18-29-26)20-10-8-19(9-11-20)17-33(31,32)4-2/h5-13,15-16,18,27H,3-4,14,17H2,1-2H3,(H,28,29,30). The highest BCUT2D eigenvalue weighted by atomic mass is 32.2. The fourth-order valence-corrected chi connectivity index (χ4v) is 4.50. The number of nitrogens with zero attached hydrogens (tertiary/aromatic N) is 2. The zero-order valence-corrected chi connectivity index (χ0v) is 19.7. The maximum Gasteiger partial charge on any atom is 0.154 e. The van der Waals surface area contributed by atoms with Crippen LogP contribution in [0.3, 0.4) is 0 Å². The summed E-state index contributed by atoms with van der Waals surface area (Å²) in [5.74, 6) is 0.947. The maximum absolute atomic E-state index is 11.9. The maximum atomic E-state index is 11.9. The van der Waals surface area contributed by atoms with E-state index in [-0.39, 0.29) is 11.5 Å². The topological polar surface area (TPSA) is 84.0 Å². The highest BCUT2D eigenvalue weighted by Crippen LogP contribution is 2.29. The Morgan fingerprint density at radius 1 is 0.848 bits per heavy atom. The van der Waals surface area contributed by atoms with Crippen LogP contribution in [0.1, 0.15) is 25.8 Å². The molecule has 0 aliphatic rings. The molecule has 0 radical (unpaired) electrons. The van der Waals surface area contributed by atoms with Gasteiger partial charge in [0.05, 0.1) is 11.3 Å². The van der Waals surface area contributed by atoms with Crippen molar-refractivity contribution in [3.8, 4) is 11.1 Å². The molecule has 1 aromatic heterocycles. The van der Waals surface area contributed by atoms with E-state index in [1.165, 1.54) is 0 Å². The predicted molar refractivity (Wildman–Crippen MR) is 137 cm³/mol. The smallest absolute Gasteiger partial charge is 0.154 e. The zero-order valence-electron chi connectivity index (χ0n) is 18.9. The van der Waals surface area contributed by atoms with E-state index in [9.17, 15) is 8.42 Å². The molecule has 1 heterocycles. The first-order chi connectivity index (χ1) is 16.0. The second-order valence-corrected chi connectivity index (χ2v) is 10.3. The number of anilines is 3. The molecule has 3 aromatic carbocycles. The summed E-state index contributed by atoms with van der Waals surface area (Å²) in [7, 11) is -3.05. The SMILES string of the molecule is CCCNc1cccc(Nc2ncnc3ccc(-c4ccc(CS(=O)(=O)CC)cc4)cc23)c1. The summed E-state index contributed by atoms with van der Waals surface area (Å²) in [6, 6.07) is 21.9. The van der Waals surface area contributed by atoms with Crippen molar-refractivity contribution >= 4 is 37.9 Å². The quantitative estimate of drug-likeness (QED) is 0.329. The van der Waals surface area contributed by atoms with Crippen molar-refractivity contribution in [1.29, 1.82) is 0 Å². The highest BCUT2D eigenvalue weighted by Gasteiger charge is 2.10. The molecule has 4 aromatic rings. The summed E-state index contributed by atoms with van der Waals surface area (Å²) in [6.45, 7) is 4.73. The van der Waals surface area contributed by atoms with Gasteiger partial charge in [-0.3, -0.25) is 0 Å². The van der Waals surface area contributed by atoms with Crippen molar-refractivity contribution in [2.75, 3.05) is 22.9 Å². The monoisotopic (exact) mass is 460 g/mol. The van der Waals surface area contributed by atoms with Gasteiger partial charge in [0.1, 0.15) is 12.1 Å². The average Bonchev–Trinajstić information content (AvgIpc) is 2.83. The van der Waals surface area contributed by atoms with E-state index in [4.69, 9.17) is 0 Å². The first-order valence-corrected chi connectivity index (χ1v) is 12.9. The molecule has 7 heteroatoms. The van der Waals surface area contributed by atoms with Crippen LogP contribution in [-0.2, 0) is 15.6 Å². The van der Waals surface area contributed by atoms with Gasteiger partial charge in [-0.05, 0) is 53.4 Å². The van der Waals surface area contributed by atoms with E-state index in [0.29, 0.717) is 0 Å². The van der Waals surface area contributed by atoms with E-state index in [1.807, 2.05) is 54.6 Å². The fourth-order valence-electron chi connectivity index (χ4n) is 3.60. The lowest BCUT2D eigenvalue weighted by Gasteiger charge is -2.12. The zero-order chi connectivity index (χ0) is 23.3. The molecule has 33 heavy (non-hydrogen) atoms. The molecular formula is C26H28N4O2S. The lowest BCUT2D eigenvalue weighted by molar-refractivity contribution is 0.596. The van der Waals surface area contributed by atoms with E-state index in [1.54, 1.807) is 13.3 Å². The number of sulfone groups is 1. The lowest BCUT2D eigenvalue weighted by atomic mass is 10.0. The third-order valence-electron chi connectivity index (χ3n) is 5.45. The van der Waals surface area contributed by atoms with Gasteiger partial charge in [0.15, 0.2) is 9.84 Å². The van der Waals surface area contributed by atoms with Gasteiger partial charge in [0.2, 0.25) is 0 Å². The Balaban J connectivity index is 1.62. The molecule has 0 saturated carbocycles. The van der Waals surface area contributed by atoms with Crippen LogP contribution in [-0.4, -0.2) is 30.7 Å². The Hall–Kier alpha value is -3.45. The second kappa shape index (κ2) is 10.0. The number of aromatic nitrogens is 2. The molecule has 0 spiro atoms. The number of hydrogen-bond donors (Lipinski definition) is 2. The van der Waals surface area contributed by atoms with Crippen LogP contribution in [0.5, 0.6) is 0 Å². The van der Waals surface area contributed by atoms with E-state index < -0.39 is 9.84 Å². The summed E-state index contributed by atoms with van der Waals surface area (Å²) in [5, 5.41) is 7.74. The predicted octanol–water partition coefficient (Wildman–Crippen LogP) is 5.80. The fraction of sp³-hybridized carbons (Fsp3) is 0.231. The molecule has 0 atom stereocenters. The Kier molecular flexibility index (Phi) is 6.89. The molecule has 4 rings (SSSR count). The molecule has 2 N–H and O–H groups in total. The van der Waals surface area contributed by atoms with Crippen molar-refractivity contribution in [2.45, 2.75) is 26.0 Å². The van der Waals surface area contributed by atoms with Crippen LogP contribution in [0.15, 0.2) is 73.1 Å². The number of hydrogen-bond acceptors (Lipinski definition) is 6. The van der Waals surface area contributed by atoms with Crippen LogP contribution < -0.4 is 10.6 Å². The molecule has 0 aliphatic carbocycles. The summed E-state index contributed by atoms with van der Waals surface area (Å²) in [4.78, 5) is 8.89. The van der Waals surface area contributed by atoms with Crippen LogP contribution in [0, 0.1) is 0 Å². The molecule has 170 valence electrons. The van der Waals surface area contributed by atoms with Gasteiger partial charge in [-0.25, -0.2) is 18.4 Å². The van der Waals surface area contributed by atoms with Crippen molar-refractivity contribution in [1.82, 2.24) is 9.97 Å². The van der Waals surface area contributed by atoms with E-state index >= 15 is 0 Å². The van der Waals surface area contributed by atoms with Crippen molar-refractivity contribution in [2.24, 2.45) is 0 Å². The molecule has 0 unspecified atom stereocenters. The van der Waals surface area contributed by atoms with Crippen molar-refractivity contribution in [3.63, 3.8) is 0 Å². The third kappa shape index (κ3) is 5.68. The van der Waals surface area contributed by atoms with Gasteiger partial charge in [-0.15, -0.1) is 0 Å². The van der Waals surface area contributed by atoms with E-state index in [2.05, 4.69) is 39.7 Å². The van der Waals surface area contributed by atoms with Gasteiger partial charge in [-0.2, -0.15) is 0 Å². The van der Waals surface area contributed by atoms with Crippen LogP contribution in [0.4, 0.5) is 17.2 Å². The molecule has 0 amide bonds. The van der Waals surface area contributed by atoms with Crippen LogP contribution >= 0.6 is 0 Å². The first kappa shape index (κ1) is 22.7. The van der Waals surface area contributed by atoms with Gasteiger partial charge in [0.25, 0.3) is 0 Å². The van der Waals surface area contributed by atoms with E-state index in [0.717, 1.165) is 57.8 Å². The summed E-state index contributed by atoms with van der Waals surface area (Å²) in [6.07, 6.45) is 2.62. The average molecular weight is 461 g/mol. The van der Waals surface area contributed by atoms with Crippen molar-refractivity contribution < 1.29 is 8.42 Å². The minimum absolute atomic E-state index is 0.0651. The minimum atomic E-state index is -3.05. The number of fused-ring (bicyclic) bond motifs is 1. The Labute approximate surface area is 195 Å². The van der Waals surface area contributed by atoms with Crippen molar-refractivity contribution in [3.05, 3.63) is 78.6 Å². The third-order valence-corrected chi connectivity index (χ3v) is 7.11. The largest absolute Gasteiger partial charge is 0.385 e. The number of rotatable bonds is 9. The first-order valence-electron chi connectivity index (χ1n) is 11.1. The Morgan fingerprint density at radius 3 is 2.36 bits per heavy atom. The molecule has 0 aliphatic heterocycles. The normalized spacial score (nSPS) is 11.5. The van der Waals surface area contributed by atoms with Crippen LogP contribution in [0.25, 0.3) is 22.0 Å². The molecule has 0 saturated heterocycles. The van der Waals surface area contributed by atoms with Gasteiger partial charge < -0.3 is 10.6 Å². The lowest BCUT2D eigenvalue weighted by Crippen LogP contribution is -2.06. The summed E-state index contributed by atoms with van der Waals surface area (Å²) < 4.78 is 23.8. The molecule has 0 fully saturated rings. The number of benzene rings is 3. The van der Waals surface area contributed by atoms with Gasteiger partial charge in [0, 0.05) is 29.1 Å². The Morgan fingerprint density at radius 2 is 1.61 bits per heavy atom. The Bertz CT molecular complexity index is 1350. The van der Waals surface area contributed by atoms with Crippen LogP contribution in [0.2, 0.25) is 0 Å². The molecule has 6 nitrogen and oxygen atoms in total. The molecule has 0 bridgehead atoms.